The highest BCUT2D eigenvalue weighted by Gasteiger charge is 2.22. The SMILES string of the molecule is Cl.O=C(Nc1ccc2c3c(cccc13)CC2)C1COCCN1. The maximum atomic E-state index is 12.3. The summed E-state index contributed by atoms with van der Waals surface area (Å²) in [7, 11) is 0. The predicted molar refractivity (Wildman–Crippen MR) is 89.8 cm³/mol. The van der Waals surface area contributed by atoms with Crippen molar-refractivity contribution in [2.24, 2.45) is 0 Å². The van der Waals surface area contributed by atoms with Crippen molar-refractivity contribution in [2.75, 3.05) is 25.1 Å². The van der Waals surface area contributed by atoms with Crippen LogP contribution in [0.25, 0.3) is 10.8 Å². The fourth-order valence-corrected chi connectivity index (χ4v) is 3.31. The van der Waals surface area contributed by atoms with Crippen LogP contribution in [0.4, 0.5) is 5.69 Å². The number of anilines is 1. The quantitative estimate of drug-likeness (QED) is 0.893. The van der Waals surface area contributed by atoms with Gasteiger partial charge >= 0.3 is 0 Å². The molecule has 0 saturated carbocycles. The summed E-state index contributed by atoms with van der Waals surface area (Å²) >= 11 is 0. The molecule has 116 valence electrons. The zero-order valence-corrected chi connectivity index (χ0v) is 13.0. The lowest BCUT2D eigenvalue weighted by Gasteiger charge is -2.23. The van der Waals surface area contributed by atoms with E-state index in [1.165, 1.54) is 16.5 Å². The van der Waals surface area contributed by atoms with E-state index in [0.717, 1.165) is 30.5 Å². The molecule has 1 aliphatic heterocycles. The lowest BCUT2D eigenvalue weighted by molar-refractivity contribution is -0.120. The lowest BCUT2D eigenvalue weighted by atomic mass is 10.0. The van der Waals surface area contributed by atoms with Crippen molar-refractivity contribution in [3.8, 4) is 0 Å². The van der Waals surface area contributed by atoms with Crippen molar-refractivity contribution in [1.29, 1.82) is 0 Å². The highest BCUT2D eigenvalue weighted by atomic mass is 35.5. The summed E-state index contributed by atoms with van der Waals surface area (Å²) in [5, 5.41) is 8.71. The first-order valence-electron chi connectivity index (χ1n) is 7.48. The number of carbonyl (C=O) groups excluding carboxylic acids is 1. The lowest BCUT2D eigenvalue weighted by Crippen LogP contribution is -2.48. The van der Waals surface area contributed by atoms with Crippen LogP contribution in [-0.4, -0.2) is 31.7 Å². The third-order valence-corrected chi connectivity index (χ3v) is 4.37. The largest absolute Gasteiger partial charge is 0.378 e. The van der Waals surface area contributed by atoms with Gasteiger partial charge in [-0.15, -0.1) is 12.4 Å². The first-order chi connectivity index (χ1) is 10.3. The fourth-order valence-electron chi connectivity index (χ4n) is 3.31. The Morgan fingerprint density at radius 1 is 1.18 bits per heavy atom. The van der Waals surface area contributed by atoms with E-state index in [1.807, 2.05) is 6.07 Å². The molecule has 4 nitrogen and oxygen atoms in total. The Bertz CT molecular complexity index is 701. The van der Waals surface area contributed by atoms with Crippen molar-refractivity contribution in [2.45, 2.75) is 18.9 Å². The third kappa shape index (κ3) is 2.58. The van der Waals surface area contributed by atoms with Gasteiger partial charge in [-0.3, -0.25) is 4.79 Å². The van der Waals surface area contributed by atoms with E-state index in [9.17, 15) is 4.79 Å². The van der Waals surface area contributed by atoms with Crippen LogP contribution < -0.4 is 10.6 Å². The van der Waals surface area contributed by atoms with Gasteiger partial charge in [-0.05, 0) is 35.4 Å². The van der Waals surface area contributed by atoms with Crippen LogP contribution in [0.15, 0.2) is 30.3 Å². The second-order valence-corrected chi connectivity index (χ2v) is 5.68. The number of hydrogen-bond donors (Lipinski definition) is 2. The molecule has 1 aliphatic carbocycles. The van der Waals surface area contributed by atoms with Crippen molar-refractivity contribution in [1.82, 2.24) is 5.32 Å². The first kappa shape index (κ1) is 15.3. The molecule has 0 spiro atoms. The second kappa shape index (κ2) is 6.24. The number of nitrogens with one attached hydrogen (secondary N) is 2. The van der Waals surface area contributed by atoms with E-state index >= 15 is 0 Å². The van der Waals surface area contributed by atoms with E-state index in [1.54, 1.807) is 0 Å². The van der Waals surface area contributed by atoms with Gasteiger partial charge < -0.3 is 15.4 Å². The molecule has 1 atom stereocenters. The summed E-state index contributed by atoms with van der Waals surface area (Å²) in [5.41, 5.74) is 3.67. The summed E-state index contributed by atoms with van der Waals surface area (Å²) in [6.07, 6.45) is 2.20. The van der Waals surface area contributed by atoms with Crippen LogP contribution in [0.3, 0.4) is 0 Å². The number of rotatable bonds is 2. The predicted octanol–water partition coefficient (Wildman–Crippen LogP) is 2.29. The molecule has 2 N–H and O–H groups in total. The third-order valence-electron chi connectivity index (χ3n) is 4.37. The van der Waals surface area contributed by atoms with Crippen LogP contribution in [0.2, 0.25) is 0 Å². The Morgan fingerprint density at radius 2 is 2.00 bits per heavy atom. The van der Waals surface area contributed by atoms with Crippen LogP contribution in [0.1, 0.15) is 11.1 Å². The minimum Gasteiger partial charge on any atom is -0.378 e. The molecule has 2 aromatic carbocycles. The molecule has 0 aromatic heterocycles. The molecule has 1 saturated heterocycles. The van der Waals surface area contributed by atoms with Crippen LogP contribution in [0, 0.1) is 0 Å². The standard InChI is InChI=1S/C17H18N2O2.ClH/c20-17(15-10-21-9-8-18-15)19-14-7-6-12-5-4-11-2-1-3-13(14)16(11)12;/h1-3,6-7,15,18H,4-5,8-10H2,(H,19,20);1H. The molecule has 22 heavy (non-hydrogen) atoms. The summed E-state index contributed by atoms with van der Waals surface area (Å²) < 4.78 is 5.35. The fraction of sp³-hybridized carbons (Fsp3) is 0.353. The second-order valence-electron chi connectivity index (χ2n) is 5.68. The topological polar surface area (TPSA) is 50.4 Å². The maximum Gasteiger partial charge on any atom is 0.243 e. The normalized spacial score (nSPS) is 19.7. The summed E-state index contributed by atoms with van der Waals surface area (Å²) in [6, 6.07) is 10.2. The van der Waals surface area contributed by atoms with Crippen LogP contribution in [0.5, 0.6) is 0 Å². The van der Waals surface area contributed by atoms with Gasteiger partial charge in [0.25, 0.3) is 0 Å². The zero-order valence-electron chi connectivity index (χ0n) is 12.2. The Balaban J connectivity index is 0.00000144. The van der Waals surface area contributed by atoms with Crippen molar-refractivity contribution < 1.29 is 9.53 Å². The number of benzene rings is 2. The minimum atomic E-state index is -0.262. The summed E-state index contributed by atoms with van der Waals surface area (Å²) in [6.45, 7) is 1.83. The molecule has 2 aliphatic rings. The number of halogens is 1. The zero-order chi connectivity index (χ0) is 14.2. The number of morpholine rings is 1. The molecule has 5 heteroatoms. The molecule has 1 fully saturated rings. The van der Waals surface area contributed by atoms with Gasteiger partial charge in [-0.2, -0.15) is 0 Å². The number of aryl methyl sites for hydroxylation is 2. The van der Waals surface area contributed by atoms with Gasteiger partial charge in [-0.25, -0.2) is 0 Å². The van der Waals surface area contributed by atoms with Crippen LogP contribution in [-0.2, 0) is 22.4 Å². The average Bonchev–Trinajstić information content (AvgIpc) is 2.96. The van der Waals surface area contributed by atoms with Crippen molar-refractivity contribution in [3.05, 3.63) is 41.5 Å². The average molecular weight is 319 g/mol. The summed E-state index contributed by atoms with van der Waals surface area (Å²) in [5.74, 6) is -0.0200. The highest BCUT2D eigenvalue weighted by molar-refractivity contribution is 6.06. The molecule has 0 radical (unpaired) electrons. The van der Waals surface area contributed by atoms with Gasteiger partial charge in [0.05, 0.1) is 13.2 Å². The van der Waals surface area contributed by atoms with Crippen LogP contribution >= 0.6 is 12.4 Å². The van der Waals surface area contributed by atoms with E-state index in [2.05, 4.69) is 34.9 Å². The molecule has 2 aromatic rings. The molecular weight excluding hydrogens is 300 g/mol. The summed E-state index contributed by atoms with van der Waals surface area (Å²) in [4.78, 5) is 12.3. The van der Waals surface area contributed by atoms with Gasteiger partial charge in [0.2, 0.25) is 5.91 Å². The number of amides is 1. The molecule has 1 amide bonds. The monoisotopic (exact) mass is 318 g/mol. The maximum absolute atomic E-state index is 12.3. The van der Waals surface area contributed by atoms with E-state index < -0.39 is 0 Å². The number of ether oxygens (including phenoxy) is 1. The Labute approximate surface area is 135 Å². The van der Waals surface area contributed by atoms with E-state index in [4.69, 9.17) is 4.74 Å². The number of hydrogen-bond acceptors (Lipinski definition) is 3. The Kier molecular flexibility index (Phi) is 4.34. The van der Waals surface area contributed by atoms with Crippen molar-refractivity contribution >= 4 is 34.8 Å². The highest BCUT2D eigenvalue weighted by Crippen LogP contribution is 2.34. The van der Waals surface area contributed by atoms with Gasteiger partial charge in [0, 0.05) is 17.6 Å². The smallest absolute Gasteiger partial charge is 0.243 e. The van der Waals surface area contributed by atoms with Crippen molar-refractivity contribution in [3.63, 3.8) is 0 Å². The van der Waals surface area contributed by atoms with E-state index in [0.29, 0.717) is 13.2 Å². The Morgan fingerprint density at radius 3 is 2.77 bits per heavy atom. The van der Waals surface area contributed by atoms with Gasteiger partial charge in [0.1, 0.15) is 6.04 Å². The minimum absolute atomic E-state index is 0. The molecule has 1 unspecified atom stereocenters. The van der Waals surface area contributed by atoms with Gasteiger partial charge in [0.15, 0.2) is 0 Å². The first-order valence-corrected chi connectivity index (χ1v) is 7.48. The Hall–Kier alpha value is -1.62. The molecule has 4 rings (SSSR count). The van der Waals surface area contributed by atoms with E-state index in [-0.39, 0.29) is 24.4 Å². The molecule has 0 bridgehead atoms. The molecule has 1 heterocycles. The number of carbonyl (C=O) groups is 1. The van der Waals surface area contributed by atoms with Gasteiger partial charge in [-0.1, -0.05) is 24.3 Å². The molecular formula is C17H19ClN2O2.